The standard InChI is InChI=1S/C34H38N2O2/c1-2-7-25(8-3-1)12-14-28-21-31-30(26-9-6-10-26)15-13-27-22-34(37-19-20-38-34)17-16-33(27,32(31)24-36-28)23-29-11-4-5-18-35-29/h1-5,7-8,11-12,14,18,21,24,26-27,30H,6,9-10,13,15-17,19-20,22-23H2/b14-12+/t27-,30?,33+/m1/s1. The van der Waals surface area contributed by atoms with Gasteiger partial charge in [0.05, 0.1) is 18.9 Å². The molecule has 3 atom stereocenters. The molecule has 3 aliphatic carbocycles. The van der Waals surface area contributed by atoms with Gasteiger partial charge < -0.3 is 9.47 Å². The summed E-state index contributed by atoms with van der Waals surface area (Å²) in [7, 11) is 0. The molecule has 3 aromatic rings. The second kappa shape index (κ2) is 10.1. The fourth-order valence-corrected chi connectivity index (χ4v) is 7.85. The zero-order valence-corrected chi connectivity index (χ0v) is 22.2. The fourth-order valence-electron chi connectivity index (χ4n) is 7.85. The molecule has 0 bridgehead atoms. The maximum absolute atomic E-state index is 6.29. The summed E-state index contributed by atoms with van der Waals surface area (Å²) in [5, 5.41) is 0. The topological polar surface area (TPSA) is 44.2 Å². The van der Waals surface area contributed by atoms with E-state index in [0.717, 1.165) is 50.5 Å². The number of pyridine rings is 2. The first-order valence-corrected chi connectivity index (χ1v) is 14.6. The van der Waals surface area contributed by atoms with Gasteiger partial charge in [0.15, 0.2) is 5.79 Å². The van der Waals surface area contributed by atoms with Crippen molar-refractivity contribution in [1.29, 1.82) is 0 Å². The minimum absolute atomic E-state index is 0.0113. The lowest BCUT2D eigenvalue weighted by Crippen LogP contribution is -2.49. The van der Waals surface area contributed by atoms with E-state index in [0.29, 0.717) is 11.8 Å². The van der Waals surface area contributed by atoms with Crippen molar-refractivity contribution in [2.24, 2.45) is 11.8 Å². The van der Waals surface area contributed by atoms with Crippen molar-refractivity contribution in [1.82, 2.24) is 9.97 Å². The second-order valence-electron chi connectivity index (χ2n) is 12.0. The largest absolute Gasteiger partial charge is 0.348 e. The molecule has 196 valence electrons. The van der Waals surface area contributed by atoms with E-state index in [1.807, 2.05) is 12.3 Å². The van der Waals surface area contributed by atoms with Crippen LogP contribution in [0.5, 0.6) is 0 Å². The van der Waals surface area contributed by atoms with Gasteiger partial charge in [0.2, 0.25) is 0 Å². The van der Waals surface area contributed by atoms with E-state index in [1.54, 1.807) is 5.56 Å². The molecule has 2 aromatic heterocycles. The summed E-state index contributed by atoms with van der Waals surface area (Å²) in [4.78, 5) is 9.90. The summed E-state index contributed by atoms with van der Waals surface area (Å²) in [6.45, 7) is 1.44. The Bertz CT molecular complexity index is 1280. The third kappa shape index (κ3) is 4.42. The first kappa shape index (κ1) is 24.2. The van der Waals surface area contributed by atoms with Crippen molar-refractivity contribution < 1.29 is 9.47 Å². The van der Waals surface area contributed by atoms with E-state index in [9.17, 15) is 0 Å². The highest BCUT2D eigenvalue weighted by molar-refractivity contribution is 5.68. The van der Waals surface area contributed by atoms with Crippen LogP contribution in [0.15, 0.2) is 67.0 Å². The molecule has 38 heavy (non-hydrogen) atoms. The Kier molecular flexibility index (Phi) is 6.41. The molecule has 0 radical (unpaired) electrons. The van der Waals surface area contributed by atoms with E-state index in [2.05, 4.69) is 66.9 Å². The highest BCUT2D eigenvalue weighted by atomic mass is 16.7. The minimum Gasteiger partial charge on any atom is -0.348 e. The molecule has 0 N–H and O–H groups in total. The van der Waals surface area contributed by atoms with Crippen molar-refractivity contribution in [2.45, 2.75) is 74.9 Å². The molecule has 2 saturated carbocycles. The van der Waals surface area contributed by atoms with Crippen LogP contribution in [0, 0.1) is 11.8 Å². The van der Waals surface area contributed by atoms with Gasteiger partial charge in [-0.2, -0.15) is 0 Å². The number of benzene rings is 1. The lowest BCUT2D eigenvalue weighted by Gasteiger charge is -2.49. The maximum Gasteiger partial charge on any atom is 0.168 e. The SMILES string of the molecule is C(=C\c1cc2c(cn1)[C@]1(Cc3ccccn3)CCC3(C[C@H]1CCC2C1CCC1)OCCO3)/c1ccccc1. The Hall–Kier alpha value is -2.82. The molecule has 3 fully saturated rings. The third-order valence-electron chi connectivity index (χ3n) is 10.0. The summed E-state index contributed by atoms with van der Waals surface area (Å²) in [6.07, 6.45) is 19.1. The van der Waals surface area contributed by atoms with Crippen LogP contribution in [0.2, 0.25) is 0 Å². The van der Waals surface area contributed by atoms with Crippen molar-refractivity contribution in [3.05, 3.63) is 95.1 Å². The molecule has 1 spiro atoms. The van der Waals surface area contributed by atoms with Gasteiger partial charge in [-0.25, -0.2) is 0 Å². The lowest BCUT2D eigenvalue weighted by atomic mass is 9.58. The zero-order valence-electron chi connectivity index (χ0n) is 22.2. The van der Waals surface area contributed by atoms with Crippen LogP contribution in [-0.4, -0.2) is 29.0 Å². The summed E-state index contributed by atoms with van der Waals surface area (Å²) >= 11 is 0. The summed E-state index contributed by atoms with van der Waals surface area (Å²) < 4.78 is 12.6. The Labute approximate surface area is 226 Å². The predicted molar refractivity (Wildman–Crippen MR) is 151 cm³/mol. The maximum atomic E-state index is 6.29. The molecule has 4 heteroatoms. The summed E-state index contributed by atoms with van der Waals surface area (Å²) in [6, 6.07) is 19.3. The predicted octanol–water partition coefficient (Wildman–Crippen LogP) is 7.35. The average molecular weight is 507 g/mol. The van der Waals surface area contributed by atoms with Crippen molar-refractivity contribution in [3.63, 3.8) is 0 Å². The lowest BCUT2D eigenvalue weighted by molar-refractivity contribution is -0.199. The van der Waals surface area contributed by atoms with Gasteiger partial charge in [-0.15, -0.1) is 0 Å². The van der Waals surface area contributed by atoms with E-state index in [4.69, 9.17) is 19.4 Å². The van der Waals surface area contributed by atoms with Crippen LogP contribution in [0.25, 0.3) is 12.2 Å². The van der Waals surface area contributed by atoms with Crippen LogP contribution in [0.4, 0.5) is 0 Å². The quantitative estimate of drug-likeness (QED) is 0.363. The van der Waals surface area contributed by atoms with Gasteiger partial charge in [-0.3, -0.25) is 9.97 Å². The molecule has 4 aliphatic rings. The van der Waals surface area contributed by atoms with E-state index < -0.39 is 0 Å². The van der Waals surface area contributed by atoms with E-state index in [1.165, 1.54) is 48.9 Å². The Morgan fingerprint density at radius 3 is 2.47 bits per heavy atom. The van der Waals surface area contributed by atoms with Crippen molar-refractivity contribution >= 4 is 12.2 Å². The zero-order chi connectivity index (χ0) is 25.4. The van der Waals surface area contributed by atoms with Crippen LogP contribution in [0.3, 0.4) is 0 Å². The van der Waals surface area contributed by atoms with Crippen LogP contribution < -0.4 is 0 Å². The second-order valence-corrected chi connectivity index (χ2v) is 12.0. The molecule has 1 saturated heterocycles. The van der Waals surface area contributed by atoms with E-state index in [-0.39, 0.29) is 11.2 Å². The average Bonchev–Trinajstić information content (AvgIpc) is 3.34. The number of hydrogen-bond donors (Lipinski definition) is 0. The molecule has 7 rings (SSSR count). The number of ether oxygens (including phenoxy) is 2. The number of nitrogens with zero attached hydrogens (tertiary/aromatic N) is 2. The highest BCUT2D eigenvalue weighted by Gasteiger charge is 2.55. The van der Waals surface area contributed by atoms with Crippen molar-refractivity contribution in [2.75, 3.05) is 13.2 Å². The molecule has 1 unspecified atom stereocenters. The number of rotatable bonds is 5. The van der Waals surface area contributed by atoms with Gasteiger partial charge in [0, 0.05) is 36.3 Å². The van der Waals surface area contributed by atoms with Gasteiger partial charge in [-0.1, -0.05) is 48.9 Å². The van der Waals surface area contributed by atoms with Gasteiger partial charge in [0.25, 0.3) is 0 Å². The Morgan fingerprint density at radius 1 is 0.868 bits per heavy atom. The smallest absolute Gasteiger partial charge is 0.168 e. The molecular weight excluding hydrogens is 468 g/mol. The van der Waals surface area contributed by atoms with Crippen LogP contribution >= 0.6 is 0 Å². The number of aromatic nitrogens is 2. The Balaban J connectivity index is 1.33. The molecule has 1 aromatic carbocycles. The summed E-state index contributed by atoms with van der Waals surface area (Å²) in [5.74, 6) is 1.51. The Morgan fingerprint density at radius 2 is 1.71 bits per heavy atom. The molecule has 0 amide bonds. The monoisotopic (exact) mass is 506 g/mol. The molecule has 3 heterocycles. The third-order valence-corrected chi connectivity index (χ3v) is 10.0. The molecular formula is C34H38N2O2. The fraction of sp³-hybridized carbons (Fsp3) is 0.471. The number of fused-ring (bicyclic) bond motifs is 3. The normalized spacial score (nSPS) is 28.5. The molecule has 1 aliphatic heterocycles. The van der Waals surface area contributed by atoms with Crippen LogP contribution in [0.1, 0.15) is 85.4 Å². The number of hydrogen-bond acceptors (Lipinski definition) is 4. The minimum atomic E-state index is -0.388. The van der Waals surface area contributed by atoms with Crippen LogP contribution in [-0.2, 0) is 21.3 Å². The summed E-state index contributed by atoms with van der Waals surface area (Å²) in [5.41, 5.74) is 6.51. The first-order valence-electron chi connectivity index (χ1n) is 14.6. The highest BCUT2D eigenvalue weighted by Crippen LogP contribution is 2.58. The van der Waals surface area contributed by atoms with E-state index >= 15 is 0 Å². The van der Waals surface area contributed by atoms with Gasteiger partial charge >= 0.3 is 0 Å². The molecule has 4 nitrogen and oxygen atoms in total. The van der Waals surface area contributed by atoms with Crippen molar-refractivity contribution in [3.8, 4) is 0 Å². The van der Waals surface area contributed by atoms with Gasteiger partial charge in [-0.05, 0) is 97.2 Å². The van der Waals surface area contributed by atoms with Gasteiger partial charge in [0.1, 0.15) is 0 Å². The first-order chi connectivity index (χ1) is 18.7.